The van der Waals surface area contributed by atoms with Crippen LogP contribution in [0.4, 0.5) is 11.4 Å². The van der Waals surface area contributed by atoms with Gasteiger partial charge >= 0.3 is 0 Å². The molecule has 0 aliphatic rings. The van der Waals surface area contributed by atoms with Gasteiger partial charge in [0.1, 0.15) is 36.6 Å². The van der Waals surface area contributed by atoms with Crippen molar-refractivity contribution in [3.05, 3.63) is 93.1 Å². The molecule has 35 heavy (non-hydrogen) atoms. The summed E-state index contributed by atoms with van der Waals surface area (Å²) >= 11 is 6.08. The lowest BCUT2D eigenvalue weighted by atomic mass is 10.2. The largest absolute Gasteiger partial charge is 0.323 e. The minimum Gasteiger partial charge on any atom is -0.323 e. The van der Waals surface area contributed by atoms with Crippen LogP contribution in [-0.2, 0) is 11.3 Å². The molecule has 14 heteroatoms. The van der Waals surface area contributed by atoms with E-state index in [0.29, 0.717) is 16.4 Å². The molecule has 0 spiro atoms. The average molecular weight is 492 g/mol. The van der Waals surface area contributed by atoms with Crippen molar-refractivity contribution in [2.75, 3.05) is 5.32 Å². The van der Waals surface area contributed by atoms with Gasteiger partial charge in [-0.25, -0.2) is 19.3 Å². The molecule has 2 aromatic carbocycles. The molecule has 0 aliphatic heterocycles. The Morgan fingerprint density at radius 3 is 2.71 bits per heavy atom. The highest BCUT2D eigenvalue weighted by atomic mass is 35.5. The number of aromatic nitrogens is 7. The Bertz CT molecular complexity index is 1640. The molecule has 3 heterocycles. The molecule has 0 bridgehead atoms. The Balaban J connectivity index is 1.44. The standard InChI is InChI=1S/C21H14ClN9O4/c22-13-5-6-16(29-11-23-10-26-29)15(7-13)27-19(32)9-28-12-24-20-14(21(28)33)8-25-30(20)17-3-1-2-4-18(17)31(34)35/h1-8,10-12H,9H2,(H,27,32). The number of amides is 1. The molecule has 5 aromatic rings. The van der Waals surface area contributed by atoms with Gasteiger partial charge in [-0.3, -0.25) is 24.3 Å². The van der Waals surface area contributed by atoms with Gasteiger partial charge < -0.3 is 5.32 Å². The molecule has 1 amide bonds. The van der Waals surface area contributed by atoms with Gasteiger partial charge in [0.2, 0.25) is 5.91 Å². The molecule has 0 radical (unpaired) electrons. The Morgan fingerprint density at radius 2 is 1.94 bits per heavy atom. The number of nitro groups is 1. The monoisotopic (exact) mass is 491 g/mol. The molecule has 0 fully saturated rings. The van der Waals surface area contributed by atoms with E-state index in [1.165, 1.54) is 52.7 Å². The van der Waals surface area contributed by atoms with E-state index in [-0.39, 0.29) is 29.0 Å². The van der Waals surface area contributed by atoms with Gasteiger partial charge in [-0.15, -0.1) is 0 Å². The zero-order valence-electron chi connectivity index (χ0n) is 17.6. The maximum absolute atomic E-state index is 13.0. The lowest BCUT2D eigenvalue weighted by Gasteiger charge is -2.12. The van der Waals surface area contributed by atoms with Crippen LogP contribution in [-0.4, -0.2) is 44.9 Å². The van der Waals surface area contributed by atoms with Crippen molar-refractivity contribution < 1.29 is 9.72 Å². The molecular weight excluding hydrogens is 478 g/mol. The number of nitrogens with one attached hydrogen (secondary N) is 1. The number of para-hydroxylation sites is 2. The maximum Gasteiger partial charge on any atom is 0.294 e. The van der Waals surface area contributed by atoms with E-state index in [4.69, 9.17) is 11.6 Å². The van der Waals surface area contributed by atoms with Crippen molar-refractivity contribution in [3.63, 3.8) is 0 Å². The molecule has 0 atom stereocenters. The summed E-state index contributed by atoms with van der Waals surface area (Å²) in [6.45, 7) is -0.345. The zero-order valence-corrected chi connectivity index (χ0v) is 18.4. The first-order valence-electron chi connectivity index (χ1n) is 10.0. The molecule has 0 aliphatic carbocycles. The number of hydrogen-bond donors (Lipinski definition) is 1. The number of carbonyl (C=O) groups excluding carboxylic acids is 1. The van der Waals surface area contributed by atoms with Crippen LogP contribution in [0.5, 0.6) is 0 Å². The van der Waals surface area contributed by atoms with Crippen LogP contribution in [0.2, 0.25) is 5.02 Å². The predicted octanol–water partition coefficient (Wildman–Crippen LogP) is 2.36. The number of nitro benzene ring substituents is 1. The Morgan fingerprint density at radius 1 is 1.11 bits per heavy atom. The van der Waals surface area contributed by atoms with Gasteiger partial charge in [-0.05, 0) is 24.3 Å². The number of nitrogens with zero attached hydrogens (tertiary/aromatic N) is 8. The van der Waals surface area contributed by atoms with Crippen LogP contribution in [0.1, 0.15) is 0 Å². The summed E-state index contributed by atoms with van der Waals surface area (Å²) in [5, 5.41) is 22.8. The maximum atomic E-state index is 13.0. The van der Waals surface area contributed by atoms with E-state index in [1.807, 2.05) is 0 Å². The Hall–Kier alpha value is -4.91. The lowest BCUT2D eigenvalue weighted by molar-refractivity contribution is -0.384. The van der Waals surface area contributed by atoms with Crippen LogP contribution in [0, 0.1) is 10.1 Å². The first-order chi connectivity index (χ1) is 16.9. The Labute approximate surface area is 200 Å². The van der Waals surface area contributed by atoms with Crippen molar-refractivity contribution >= 4 is 39.9 Å². The van der Waals surface area contributed by atoms with Crippen molar-refractivity contribution in [2.24, 2.45) is 0 Å². The fraction of sp³-hybridized carbons (Fsp3) is 0.0476. The number of halogens is 1. The minimum atomic E-state index is -0.544. The summed E-state index contributed by atoms with van der Waals surface area (Å²) in [5.74, 6) is -0.511. The van der Waals surface area contributed by atoms with Crippen molar-refractivity contribution in [2.45, 2.75) is 6.54 Å². The van der Waals surface area contributed by atoms with E-state index in [9.17, 15) is 19.7 Å². The number of benzene rings is 2. The first kappa shape index (κ1) is 21.9. The second-order valence-electron chi connectivity index (χ2n) is 7.27. The van der Waals surface area contributed by atoms with E-state index in [1.54, 1.807) is 24.3 Å². The highest BCUT2D eigenvalue weighted by Gasteiger charge is 2.20. The van der Waals surface area contributed by atoms with Crippen molar-refractivity contribution in [1.29, 1.82) is 0 Å². The second-order valence-corrected chi connectivity index (χ2v) is 7.70. The molecule has 0 saturated heterocycles. The number of fused-ring (bicyclic) bond motifs is 1. The number of rotatable bonds is 6. The summed E-state index contributed by atoms with van der Waals surface area (Å²) in [4.78, 5) is 44.7. The molecular formula is C21H14ClN9O4. The van der Waals surface area contributed by atoms with E-state index in [2.05, 4.69) is 25.5 Å². The summed E-state index contributed by atoms with van der Waals surface area (Å²) in [6.07, 6.45) is 5.27. The minimum absolute atomic E-state index is 0.101. The molecule has 0 saturated carbocycles. The SMILES string of the molecule is O=C(Cn1cnc2c(cnn2-c2ccccc2[N+](=O)[O-])c1=O)Nc1cc(Cl)ccc1-n1cncn1. The third-order valence-electron chi connectivity index (χ3n) is 5.07. The van der Waals surface area contributed by atoms with Gasteiger partial charge in [0.05, 0.1) is 22.5 Å². The first-order valence-corrected chi connectivity index (χ1v) is 10.4. The van der Waals surface area contributed by atoms with Gasteiger partial charge in [0, 0.05) is 11.1 Å². The molecule has 3 aromatic heterocycles. The summed E-state index contributed by atoms with van der Waals surface area (Å²) < 4.78 is 3.79. The van der Waals surface area contributed by atoms with Crippen molar-refractivity contribution in [3.8, 4) is 11.4 Å². The van der Waals surface area contributed by atoms with Crippen LogP contribution in [0.15, 0.2) is 72.4 Å². The number of carbonyl (C=O) groups is 1. The molecule has 13 nitrogen and oxygen atoms in total. The molecule has 174 valence electrons. The van der Waals surface area contributed by atoms with E-state index >= 15 is 0 Å². The molecule has 0 unspecified atom stereocenters. The fourth-order valence-corrected chi connectivity index (χ4v) is 3.69. The lowest BCUT2D eigenvalue weighted by Crippen LogP contribution is -2.28. The van der Waals surface area contributed by atoms with Gasteiger partial charge in [0.25, 0.3) is 11.2 Å². The third kappa shape index (κ3) is 4.11. The topological polar surface area (TPSA) is 156 Å². The summed E-state index contributed by atoms with van der Waals surface area (Å²) in [6, 6.07) is 10.8. The van der Waals surface area contributed by atoms with E-state index in [0.717, 1.165) is 4.57 Å². The Kier molecular flexibility index (Phi) is 5.51. The second kappa shape index (κ2) is 8.79. The smallest absolute Gasteiger partial charge is 0.294 e. The van der Waals surface area contributed by atoms with E-state index < -0.39 is 16.4 Å². The summed E-state index contributed by atoms with van der Waals surface area (Å²) in [7, 11) is 0. The predicted molar refractivity (Wildman–Crippen MR) is 125 cm³/mol. The summed E-state index contributed by atoms with van der Waals surface area (Å²) in [5.41, 5.74) is 0.483. The highest BCUT2D eigenvalue weighted by molar-refractivity contribution is 6.31. The normalized spacial score (nSPS) is 11.0. The molecule has 1 N–H and O–H groups in total. The quantitative estimate of drug-likeness (QED) is 0.280. The molecule has 5 rings (SSSR count). The van der Waals surface area contributed by atoms with Gasteiger partial charge in [0.15, 0.2) is 5.65 Å². The third-order valence-corrected chi connectivity index (χ3v) is 5.31. The zero-order chi connectivity index (χ0) is 24.5. The fourth-order valence-electron chi connectivity index (χ4n) is 3.52. The van der Waals surface area contributed by atoms with Crippen LogP contribution >= 0.6 is 11.6 Å². The van der Waals surface area contributed by atoms with Crippen LogP contribution in [0.25, 0.3) is 22.4 Å². The van der Waals surface area contributed by atoms with Crippen molar-refractivity contribution in [1.82, 2.24) is 34.1 Å². The van der Waals surface area contributed by atoms with Gasteiger partial charge in [-0.2, -0.15) is 10.2 Å². The number of anilines is 1. The highest BCUT2D eigenvalue weighted by Crippen LogP contribution is 2.25. The van der Waals surface area contributed by atoms with Crippen LogP contribution in [0.3, 0.4) is 0 Å². The van der Waals surface area contributed by atoms with Crippen LogP contribution < -0.4 is 10.9 Å². The number of hydrogen-bond acceptors (Lipinski definition) is 8. The average Bonchev–Trinajstić information content (AvgIpc) is 3.52. The van der Waals surface area contributed by atoms with Gasteiger partial charge in [-0.1, -0.05) is 23.7 Å².